The number of hydrogen-bond donors (Lipinski definition) is 0. The highest BCUT2D eigenvalue weighted by molar-refractivity contribution is 9.09. The van der Waals surface area contributed by atoms with E-state index in [1.165, 1.54) is 18.2 Å². The van der Waals surface area contributed by atoms with Crippen molar-refractivity contribution in [1.82, 2.24) is 0 Å². The van der Waals surface area contributed by atoms with E-state index in [2.05, 4.69) is 15.9 Å². The zero-order valence-corrected chi connectivity index (χ0v) is 12.0. The van der Waals surface area contributed by atoms with Crippen LogP contribution < -0.4 is 4.74 Å². The predicted molar refractivity (Wildman–Crippen MR) is 74.7 cm³/mol. The van der Waals surface area contributed by atoms with Crippen molar-refractivity contribution >= 4 is 15.9 Å². The molecule has 0 aliphatic rings. The van der Waals surface area contributed by atoms with Crippen LogP contribution in [0, 0.1) is 11.6 Å². The van der Waals surface area contributed by atoms with E-state index >= 15 is 0 Å². The van der Waals surface area contributed by atoms with Crippen LogP contribution in [-0.4, -0.2) is 7.11 Å². The van der Waals surface area contributed by atoms with Gasteiger partial charge in [-0.3, -0.25) is 0 Å². The summed E-state index contributed by atoms with van der Waals surface area (Å²) in [4.78, 5) is -0.172. The highest BCUT2D eigenvalue weighted by atomic mass is 79.9. The van der Waals surface area contributed by atoms with Gasteiger partial charge in [0.05, 0.1) is 7.11 Å². The Morgan fingerprint density at radius 2 is 1.74 bits per heavy atom. The molecule has 0 spiro atoms. The molecule has 0 amide bonds. The quantitative estimate of drug-likeness (QED) is 0.743. The van der Waals surface area contributed by atoms with Crippen LogP contribution in [0.15, 0.2) is 42.5 Å². The summed E-state index contributed by atoms with van der Waals surface area (Å²) in [5.41, 5.74) is 1.01. The number of hydrogen-bond acceptors (Lipinski definition) is 1. The molecular weight excluding hydrogens is 314 g/mol. The molecule has 0 fully saturated rings. The maximum Gasteiger partial charge on any atom is 0.129 e. The van der Waals surface area contributed by atoms with Gasteiger partial charge in [-0.25, -0.2) is 8.78 Å². The first-order chi connectivity index (χ1) is 9.11. The molecule has 2 rings (SSSR count). The molecule has 1 unspecified atom stereocenters. The summed E-state index contributed by atoms with van der Waals surface area (Å²) in [7, 11) is 1.58. The fourth-order valence-electron chi connectivity index (χ4n) is 1.86. The molecule has 0 saturated carbocycles. The van der Waals surface area contributed by atoms with E-state index in [-0.39, 0.29) is 16.8 Å². The Hall–Kier alpha value is -1.42. The van der Waals surface area contributed by atoms with Gasteiger partial charge in [0.1, 0.15) is 17.4 Å². The van der Waals surface area contributed by atoms with Gasteiger partial charge >= 0.3 is 0 Å². The van der Waals surface area contributed by atoms with Gasteiger partial charge in [0, 0.05) is 10.4 Å². The average molecular weight is 327 g/mol. The lowest BCUT2D eigenvalue weighted by molar-refractivity contribution is 0.414. The molecule has 0 N–H and O–H groups in total. The second kappa shape index (κ2) is 6.15. The van der Waals surface area contributed by atoms with Gasteiger partial charge in [-0.05, 0) is 36.2 Å². The normalized spacial score (nSPS) is 12.2. The van der Waals surface area contributed by atoms with E-state index in [1.807, 2.05) is 24.3 Å². The maximum absolute atomic E-state index is 13.6. The minimum absolute atomic E-state index is 0.0900. The average Bonchev–Trinajstić information content (AvgIpc) is 2.43. The molecule has 1 atom stereocenters. The van der Waals surface area contributed by atoms with E-state index in [9.17, 15) is 8.78 Å². The lowest BCUT2D eigenvalue weighted by Crippen LogP contribution is -2.01. The number of benzene rings is 2. The molecule has 2 aromatic carbocycles. The number of alkyl halides is 1. The fraction of sp³-hybridized carbons (Fsp3) is 0.200. The molecule has 0 aliphatic carbocycles. The van der Waals surface area contributed by atoms with Crippen LogP contribution in [0.1, 0.15) is 16.0 Å². The largest absolute Gasteiger partial charge is 0.497 e. The van der Waals surface area contributed by atoms with Crippen LogP contribution in [0.4, 0.5) is 8.78 Å². The monoisotopic (exact) mass is 326 g/mol. The van der Waals surface area contributed by atoms with Gasteiger partial charge in [-0.2, -0.15) is 0 Å². The summed E-state index contributed by atoms with van der Waals surface area (Å²) in [6.45, 7) is 0. The lowest BCUT2D eigenvalue weighted by Gasteiger charge is -2.12. The third-order valence-corrected chi connectivity index (χ3v) is 3.75. The summed E-state index contributed by atoms with van der Waals surface area (Å²) in [6.07, 6.45) is 0.242. The number of ether oxygens (including phenoxy) is 1. The number of halogens is 3. The van der Waals surface area contributed by atoms with Crippen LogP contribution >= 0.6 is 15.9 Å². The summed E-state index contributed by atoms with van der Waals surface area (Å²) in [5, 5.41) is 0. The smallest absolute Gasteiger partial charge is 0.129 e. The molecule has 4 heteroatoms. The van der Waals surface area contributed by atoms with Gasteiger partial charge in [0.2, 0.25) is 0 Å². The molecule has 0 saturated heterocycles. The molecule has 0 bridgehead atoms. The van der Waals surface area contributed by atoms with Crippen molar-refractivity contribution < 1.29 is 13.5 Å². The molecule has 1 nitrogen and oxygen atoms in total. The molecule has 0 radical (unpaired) electrons. The third kappa shape index (κ3) is 3.32. The molecule has 19 heavy (non-hydrogen) atoms. The third-order valence-electron chi connectivity index (χ3n) is 2.90. The molecular formula is C15H13BrF2O. The van der Waals surface area contributed by atoms with E-state index in [0.717, 1.165) is 11.3 Å². The van der Waals surface area contributed by atoms with E-state index < -0.39 is 11.6 Å². The maximum atomic E-state index is 13.6. The Balaban J connectivity index is 2.23. The topological polar surface area (TPSA) is 9.23 Å². The highest BCUT2D eigenvalue weighted by Crippen LogP contribution is 2.30. The van der Waals surface area contributed by atoms with Crippen molar-refractivity contribution in [3.63, 3.8) is 0 Å². The first-order valence-corrected chi connectivity index (χ1v) is 6.74. The minimum atomic E-state index is -0.521. The van der Waals surface area contributed by atoms with Gasteiger partial charge in [0.15, 0.2) is 0 Å². The standard InChI is InChI=1S/C15H13BrF2O/c1-19-11-5-2-4-10(8-11)13(16)9-12-14(17)6-3-7-15(12)18/h2-8,13H,9H2,1H3. The molecule has 0 aromatic heterocycles. The van der Waals surface area contributed by atoms with Crippen LogP contribution in [-0.2, 0) is 6.42 Å². The van der Waals surface area contributed by atoms with E-state index in [0.29, 0.717) is 0 Å². The van der Waals surface area contributed by atoms with Crippen molar-refractivity contribution in [1.29, 1.82) is 0 Å². The second-order valence-corrected chi connectivity index (χ2v) is 5.25. The zero-order valence-electron chi connectivity index (χ0n) is 10.4. The summed E-state index contributed by atoms with van der Waals surface area (Å²) < 4.78 is 32.3. The first kappa shape index (κ1) is 14.0. The Kier molecular flexibility index (Phi) is 4.53. The number of methoxy groups -OCH3 is 1. The predicted octanol–water partition coefficient (Wildman–Crippen LogP) is 4.65. The Labute approximate surface area is 119 Å². The summed E-state index contributed by atoms with van der Waals surface area (Å²) in [6, 6.07) is 11.3. The van der Waals surface area contributed by atoms with Crippen molar-refractivity contribution in [3.8, 4) is 5.75 Å². The lowest BCUT2D eigenvalue weighted by atomic mass is 10.0. The first-order valence-electron chi connectivity index (χ1n) is 5.82. The van der Waals surface area contributed by atoms with Crippen molar-refractivity contribution in [2.24, 2.45) is 0 Å². The van der Waals surface area contributed by atoms with Gasteiger partial charge in [0.25, 0.3) is 0 Å². The van der Waals surface area contributed by atoms with Crippen LogP contribution in [0.2, 0.25) is 0 Å². The van der Waals surface area contributed by atoms with Gasteiger partial charge < -0.3 is 4.74 Å². The van der Waals surface area contributed by atoms with Crippen LogP contribution in [0.3, 0.4) is 0 Å². The molecule has 100 valence electrons. The second-order valence-electron chi connectivity index (χ2n) is 4.15. The fourth-order valence-corrected chi connectivity index (χ4v) is 2.47. The van der Waals surface area contributed by atoms with Crippen molar-refractivity contribution in [2.45, 2.75) is 11.2 Å². The zero-order chi connectivity index (χ0) is 13.8. The van der Waals surface area contributed by atoms with Gasteiger partial charge in [-0.15, -0.1) is 0 Å². The Morgan fingerprint density at radius 1 is 1.11 bits per heavy atom. The van der Waals surface area contributed by atoms with E-state index in [1.54, 1.807) is 7.11 Å². The van der Waals surface area contributed by atoms with Crippen LogP contribution in [0.5, 0.6) is 5.75 Å². The summed E-state index contributed by atoms with van der Waals surface area (Å²) >= 11 is 3.47. The Bertz CT molecular complexity index is 552. The Morgan fingerprint density at radius 3 is 2.37 bits per heavy atom. The van der Waals surface area contributed by atoms with E-state index in [4.69, 9.17) is 4.74 Å². The van der Waals surface area contributed by atoms with Crippen molar-refractivity contribution in [3.05, 3.63) is 65.2 Å². The highest BCUT2D eigenvalue weighted by Gasteiger charge is 2.15. The SMILES string of the molecule is COc1cccc(C(Br)Cc2c(F)cccc2F)c1. The van der Waals surface area contributed by atoms with Crippen molar-refractivity contribution in [2.75, 3.05) is 7.11 Å². The molecule has 0 heterocycles. The molecule has 2 aromatic rings. The van der Waals surface area contributed by atoms with Gasteiger partial charge in [-0.1, -0.05) is 34.1 Å². The minimum Gasteiger partial charge on any atom is -0.497 e. The summed E-state index contributed by atoms with van der Waals surface area (Å²) in [5.74, 6) is -0.323. The number of rotatable bonds is 4. The molecule has 0 aliphatic heterocycles. The van der Waals surface area contributed by atoms with Crippen LogP contribution in [0.25, 0.3) is 0 Å².